The molecule has 1 heterocycles. The zero-order chi connectivity index (χ0) is 19.4. The van der Waals surface area contributed by atoms with Crippen molar-refractivity contribution in [3.8, 4) is 11.5 Å². The van der Waals surface area contributed by atoms with E-state index in [0.717, 1.165) is 5.56 Å². The van der Waals surface area contributed by atoms with Crippen LogP contribution in [0.15, 0.2) is 47.4 Å². The van der Waals surface area contributed by atoms with Gasteiger partial charge in [-0.1, -0.05) is 17.7 Å². The summed E-state index contributed by atoms with van der Waals surface area (Å²) in [7, 11) is -2.32. The molecule has 7 nitrogen and oxygen atoms in total. The number of esters is 1. The van der Waals surface area contributed by atoms with Gasteiger partial charge in [-0.05, 0) is 37.3 Å². The number of sulfonamides is 1. The van der Waals surface area contributed by atoms with Gasteiger partial charge in [0.15, 0.2) is 0 Å². The second kappa shape index (κ2) is 8.08. The number of aryl methyl sites for hydroxylation is 1. The third-order valence-electron chi connectivity index (χ3n) is 4.23. The maximum atomic E-state index is 12.8. The van der Waals surface area contributed by atoms with E-state index in [4.69, 9.17) is 14.2 Å². The van der Waals surface area contributed by atoms with Crippen molar-refractivity contribution in [3.05, 3.63) is 53.6 Å². The molecule has 0 saturated carbocycles. The molecule has 1 aliphatic heterocycles. The highest BCUT2D eigenvalue weighted by Gasteiger charge is 2.28. The van der Waals surface area contributed by atoms with E-state index in [2.05, 4.69) is 0 Å². The quantitative estimate of drug-likeness (QED) is 0.574. The average molecular weight is 391 g/mol. The fourth-order valence-electron chi connectivity index (χ4n) is 2.71. The van der Waals surface area contributed by atoms with Crippen LogP contribution >= 0.6 is 0 Å². The molecule has 0 atom stereocenters. The SMILES string of the molecule is COc1ccc(S(=O)(=O)N2CCOCC2)cc1C(=O)Oc1ccc(C)cc1. The number of rotatable bonds is 5. The molecule has 27 heavy (non-hydrogen) atoms. The average Bonchev–Trinajstić information content (AvgIpc) is 2.69. The van der Waals surface area contributed by atoms with E-state index in [1.807, 2.05) is 19.1 Å². The van der Waals surface area contributed by atoms with Crippen molar-refractivity contribution in [1.29, 1.82) is 0 Å². The van der Waals surface area contributed by atoms with Crippen LogP contribution in [0.2, 0.25) is 0 Å². The highest BCUT2D eigenvalue weighted by Crippen LogP contribution is 2.26. The maximum Gasteiger partial charge on any atom is 0.347 e. The molecule has 0 unspecified atom stereocenters. The first kappa shape index (κ1) is 19.3. The first-order valence-electron chi connectivity index (χ1n) is 8.46. The second-order valence-electron chi connectivity index (χ2n) is 6.08. The number of ether oxygens (including phenoxy) is 3. The number of benzene rings is 2. The number of morpholine rings is 1. The zero-order valence-electron chi connectivity index (χ0n) is 15.2. The summed E-state index contributed by atoms with van der Waals surface area (Å²) in [6, 6.07) is 11.2. The van der Waals surface area contributed by atoms with Crippen molar-refractivity contribution in [2.75, 3.05) is 33.4 Å². The minimum Gasteiger partial charge on any atom is -0.496 e. The van der Waals surface area contributed by atoms with Crippen LogP contribution < -0.4 is 9.47 Å². The number of hydrogen-bond acceptors (Lipinski definition) is 6. The Balaban J connectivity index is 1.91. The van der Waals surface area contributed by atoms with Gasteiger partial charge in [0.25, 0.3) is 0 Å². The molecular formula is C19H21NO6S. The topological polar surface area (TPSA) is 82.1 Å². The molecule has 2 aromatic carbocycles. The Hall–Kier alpha value is -2.42. The van der Waals surface area contributed by atoms with E-state index in [9.17, 15) is 13.2 Å². The lowest BCUT2D eigenvalue weighted by molar-refractivity contribution is 0.0725. The van der Waals surface area contributed by atoms with E-state index in [1.54, 1.807) is 12.1 Å². The highest BCUT2D eigenvalue weighted by atomic mass is 32.2. The van der Waals surface area contributed by atoms with Crippen molar-refractivity contribution in [3.63, 3.8) is 0 Å². The molecule has 1 aliphatic rings. The van der Waals surface area contributed by atoms with E-state index in [0.29, 0.717) is 19.0 Å². The molecule has 2 aromatic rings. The summed E-state index contributed by atoms with van der Waals surface area (Å²) in [5.74, 6) is -0.0723. The zero-order valence-corrected chi connectivity index (χ0v) is 16.0. The smallest absolute Gasteiger partial charge is 0.347 e. The van der Waals surface area contributed by atoms with E-state index in [-0.39, 0.29) is 29.3 Å². The molecular weight excluding hydrogens is 370 g/mol. The van der Waals surface area contributed by atoms with Gasteiger partial charge in [-0.15, -0.1) is 0 Å². The molecule has 0 aliphatic carbocycles. The van der Waals surface area contributed by atoms with Gasteiger partial charge < -0.3 is 14.2 Å². The Labute approximate surface area is 158 Å². The van der Waals surface area contributed by atoms with E-state index >= 15 is 0 Å². The number of nitrogens with zero attached hydrogens (tertiary/aromatic N) is 1. The molecule has 3 rings (SSSR count). The summed E-state index contributed by atoms with van der Waals surface area (Å²) >= 11 is 0. The van der Waals surface area contributed by atoms with Gasteiger partial charge in [-0.2, -0.15) is 4.31 Å². The highest BCUT2D eigenvalue weighted by molar-refractivity contribution is 7.89. The Morgan fingerprint density at radius 2 is 1.74 bits per heavy atom. The summed E-state index contributed by atoms with van der Waals surface area (Å²) in [6.07, 6.45) is 0. The van der Waals surface area contributed by atoms with E-state index in [1.165, 1.54) is 29.6 Å². The number of methoxy groups -OCH3 is 1. The molecule has 0 radical (unpaired) electrons. The van der Waals surface area contributed by atoms with Crippen molar-refractivity contribution in [2.45, 2.75) is 11.8 Å². The van der Waals surface area contributed by atoms with Gasteiger partial charge >= 0.3 is 5.97 Å². The molecule has 0 aromatic heterocycles. The number of carbonyl (C=O) groups excluding carboxylic acids is 1. The molecule has 0 bridgehead atoms. The molecule has 1 saturated heterocycles. The van der Waals surface area contributed by atoms with Gasteiger partial charge in [0.05, 0.1) is 25.2 Å². The van der Waals surface area contributed by atoms with Crippen LogP contribution in [0.5, 0.6) is 11.5 Å². The first-order chi connectivity index (χ1) is 12.9. The molecule has 0 N–H and O–H groups in total. The molecule has 0 amide bonds. The van der Waals surface area contributed by atoms with Crippen LogP contribution in [0.3, 0.4) is 0 Å². The summed E-state index contributed by atoms with van der Waals surface area (Å²) in [4.78, 5) is 12.6. The largest absolute Gasteiger partial charge is 0.496 e. The molecule has 0 spiro atoms. The van der Waals surface area contributed by atoms with Crippen LogP contribution in [-0.4, -0.2) is 52.1 Å². The van der Waals surface area contributed by atoms with Crippen molar-refractivity contribution in [2.24, 2.45) is 0 Å². The summed E-state index contributed by atoms with van der Waals surface area (Å²) < 4.78 is 42.8. The van der Waals surface area contributed by atoms with Gasteiger partial charge in [-0.25, -0.2) is 13.2 Å². The van der Waals surface area contributed by atoms with Crippen molar-refractivity contribution >= 4 is 16.0 Å². The first-order valence-corrected chi connectivity index (χ1v) is 9.90. The van der Waals surface area contributed by atoms with Crippen molar-refractivity contribution in [1.82, 2.24) is 4.31 Å². The fourth-order valence-corrected chi connectivity index (χ4v) is 4.15. The van der Waals surface area contributed by atoms with Crippen LogP contribution in [-0.2, 0) is 14.8 Å². The summed E-state index contributed by atoms with van der Waals surface area (Å²) in [5.41, 5.74) is 1.08. The molecule has 1 fully saturated rings. The molecule has 8 heteroatoms. The predicted molar refractivity (Wildman–Crippen MR) is 98.7 cm³/mol. The summed E-state index contributed by atoms with van der Waals surface area (Å²) in [6.45, 7) is 3.17. The Bertz CT molecular complexity index is 918. The minimum atomic E-state index is -3.73. The number of carbonyl (C=O) groups is 1. The Morgan fingerprint density at radius 1 is 1.07 bits per heavy atom. The Kier molecular flexibility index (Phi) is 5.79. The minimum absolute atomic E-state index is 0.0149. The lowest BCUT2D eigenvalue weighted by Gasteiger charge is -2.26. The van der Waals surface area contributed by atoms with Gasteiger partial charge in [0.1, 0.15) is 17.1 Å². The monoisotopic (exact) mass is 391 g/mol. The van der Waals surface area contributed by atoms with Gasteiger partial charge in [-0.3, -0.25) is 0 Å². The van der Waals surface area contributed by atoms with Crippen molar-refractivity contribution < 1.29 is 27.4 Å². The van der Waals surface area contributed by atoms with E-state index < -0.39 is 16.0 Å². The lowest BCUT2D eigenvalue weighted by atomic mass is 10.2. The fraction of sp³-hybridized carbons (Fsp3) is 0.316. The lowest BCUT2D eigenvalue weighted by Crippen LogP contribution is -2.40. The Morgan fingerprint density at radius 3 is 2.37 bits per heavy atom. The third-order valence-corrected chi connectivity index (χ3v) is 6.12. The van der Waals surface area contributed by atoms with Crippen LogP contribution in [0.1, 0.15) is 15.9 Å². The van der Waals surface area contributed by atoms with Gasteiger partial charge in [0.2, 0.25) is 10.0 Å². The number of hydrogen-bond donors (Lipinski definition) is 0. The standard InChI is InChI=1S/C19H21NO6S/c1-14-3-5-15(6-4-14)26-19(21)17-13-16(7-8-18(17)24-2)27(22,23)20-9-11-25-12-10-20/h3-8,13H,9-12H2,1-2H3. The predicted octanol–water partition coefficient (Wildman–Crippen LogP) is 2.24. The third kappa shape index (κ3) is 4.29. The van der Waals surface area contributed by atoms with Crippen LogP contribution in [0.4, 0.5) is 0 Å². The van der Waals surface area contributed by atoms with Crippen LogP contribution in [0.25, 0.3) is 0 Å². The maximum absolute atomic E-state index is 12.8. The molecule has 144 valence electrons. The summed E-state index contributed by atoms with van der Waals surface area (Å²) in [5, 5.41) is 0. The second-order valence-corrected chi connectivity index (χ2v) is 8.02. The van der Waals surface area contributed by atoms with Crippen LogP contribution in [0, 0.1) is 6.92 Å². The normalized spacial score (nSPS) is 15.3. The van der Waals surface area contributed by atoms with Gasteiger partial charge in [0, 0.05) is 13.1 Å².